The minimum Gasteiger partial charge on any atom is -0.321 e. The minimum absolute atomic E-state index is 0.221. The molecule has 6 heteroatoms. The van der Waals surface area contributed by atoms with E-state index >= 15 is 0 Å². The van der Waals surface area contributed by atoms with Crippen LogP contribution >= 0.6 is 0 Å². The van der Waals surface area contributed by atoms with Crippen LogP contribution in [-0.4, -0.2) is 99.8 Å². The van der Waals surface area contributed by atoms with Crippen molar-refractivity contribution >= 4 is 0 Å². The van der Waals surface area contributed by atoms with E-state index in [1.165, 1.54) is 5.06 Å². The van der Waals surface area contributed by atoms with Crippen LogP contribution in [0.5, 0.6) is 0 Å². The third kappa shape index (κ3) is 5.05. The SMILES string of the molecule is CC1(C)CC([N+](C)(C)CC[N+](C)(C)C2CC(C)(C)N(O)C(C)(C)C2)CC(C)(C)N1[O]. The van der Waals surface area contributed by atoms with Gasteiger partial charge in [0.2, 0.25) is 0 Å². The van der Waals surface area contributed by atoms with E-state index in [9.17, 15) is 10.4 Å². The second-order valence-corrected chi connectivity index (χ2v) is 14.0. The molecule has 0 aliphatic carbocycles. The maximum Gasteiger partial charge on any atom is 0.128 e. The third-order valence-electron chi connectivity index (χ3n) is 8.42. The summed E-state index contributed by atoms with van der Waals surface area (Å²) in [6.07, 6.45) is 3.84. The van der Waals surface area contributed by atoms with Crippen molar-refractivity contribution in [2.75, 3.05) is 41.3 Å². The first-order valence-corrected chi connectivity index (χ1v) is 11.8. The van der Waals surface area contributed by atoms with Crippen molar-refractivity contribution in [2.24, 2.45) is 0 Å². The first kappa shape index (κ1) is 26.0. The van der Waals surface area contributed by atoms with Gasteiger partial charge in [0.05, 0.1) is 40.3 Å². The fourth-order valence-corrected chi connectivity index (χ4v) is 6.30. The van der Waals surface area contributed by atoms with Crippen molar-refractivity contribution in [3.63, 3.8) is 0 Å². The van der Waals surface area contributed by atoms with E-state index in [0.29, 0.717) is 12.1 Å². The Labute approximate surface area is 186 Å². The van der Waals surface area contributed by atoms with Crippen LogP contribution in [0.2, 0.25) is 0 Å². The number of hydrogen-bond acceptors (Lipinski definition) is 3. The highest BCUT2D eigenvalue weighted by molar-refractivity contribution is 4.98. The van der Waals surface area contributed by atoms with Crippen LogP contribution in [0.4, 0.5) is 0 Å². The molecular formula is C24H51N4O2+2. The molecule has 1 radical (unpaired) electrons. The maximum absolute atomic E-state index is 12.8. The van der Waals surface area contributed by atoms with Gasteiger partial charge in [-0.15, -0.1) is 10.3 Å². The van der Waals surface area contributed by atoms with Crippen LogP contribution in [0.1, 0.15) is 81.1 Å². The molecule has 2 saturated heterocycles. The van der Waals surface area contributed by atoms with Crippen LogP contribution in [0.25, 0.3) is 0 Å². The number of rotatable bonds is 5. The topological polar surface area (TPSA) is 46.6 Å². The number of hydroxylamine groups is 4. The summed E-state index contributed by atoms with van der Waals surface area (Å²) in [5.41, 5.74) is -1.09. The Bertz CT molecular complexity index is 535. The summed E-state index contributed by atoms with van der Waals surface area (Å²) in [4.78, 5) is 0. The predicted octanol–water partition coefficient (Wildman–Crippen LogP) is 3.92. The molecular weight excluding hydrogens is 376 g/mol. The fraction of sp³-hybridized carbons (Fsp3) is 1.00. The van der Waals surface area contributed by atoms with Crippen molar-refractivity contribution < 1.29 is 19.4 Å². The van der Waals surface area contributed by atoms with Crippen molar-refractivity contribution in [3.05, 3.63) is 0 Å². The summed E-state index contributed by atoms with van der Waals surface area (Å²) in [6, 6.07) is 0.988. The van der Waals surface area contributed by atoms with Crippen molar-refractivity contribution in [1.29, 1.82) is 0 Å². The zero-order valence-corrected chi connectivity index (χ0v) is 22.0. The van der Waals surface area contributed by atoms with Crippen LogP contribution in [0.3, 0.4) is 0 Å². The Hall–Kier alpha value is -0.240. The van der Waals surface area contributed by atoms with Gasteiger partial charge in [-0.3, -0.25) is 0 Å². The average Bonchev–Trinajstić information content (AvgIpc) is 2.54. The number of hydrogen-bond donors (Lipinski definition) is 1. The number of quaternary nitrogens is 2. The third-order valence-corrected chi connectivity index (χ3v) is 8.42. The summed E-state index contributed by atoms with van der Waals surface area (Å²) in [5.74, 6) is 0. The van der Waals surface area contributed by atoms with E-state index in [2.05, 4.69) is 83.6 Å². The summed E-state index contributed by atoms with van der Waals surface area (Å²) in [6.45, 7) is 19.2. The molecule has 0 saturated carbocycles. The lowest BCUT2D eigenvalue weighted by Gasteiger charge is -2.56. The monoisotopic (exact) mass is 427 g/mol. The first-order valence-electron chi connectivity index (χ1n) is 11.8. The Morgan fingerprint density at radius 2 is 0.933 bits per heavy atom. The second kappa shape index (κ2) is 7.67. The Balaban J connectivity index is 2.13. The molecule has 2 heterocycles. The summed E-state index contributed by atoms with van der Waals surface area (Å²) >= 11 is 0. The molecule has 0 spiro atoms. The lowest BCUT2D eigenvalue weighted by molar-refractivity contribution is -0.971. The predicted molar refractivity (Wildman–Crippen MR) is 122 cm³/mol. The minimum atomic E-state index is -0.325. The molecule has 177 valence electrons. The zero-order valence-electron chi connectivity index (χ0n) is 22.0. The van der Waals surface area contributed by atoms with Gasteiger partial charge in [-0.25, -0.2) is 0 Å². The molecule has 0 aromatic rings. The molecule has 0 atom stereocenters. The summed E-state index contributed by atoms with van der Waals surface area (Å²) < 4.78 is 1.92. The smallest absolute Gasteiger partial charge is 0.128 e. The zero-order chi connectivity index (χ0) is 23.6. The summed E-state index contributed by atoms with van der Waals surface area (Å²) in [7, 11) is 9.42. The molecule has 2 fully saturated rings. The van der Waals surface area contributed by atoms with E-state index in [1.807, 2.05) is 0 Å². The van der Waals surface area contributed by atoms with Gasteiger partial charge >= 0.3 is 0 Å². The van der Waals surface area contributed by atoms with Gasteiger partial charge in [0.1, 0.15) is 13.1 Å². The molecule has 1 N–H and O–H groups in total. The molecule has 2 rings (SSSR count). The number of likely N-dealkylation sites (N-methyl/N-ethyl adjacent to an activating group) is 2. The first-order chi connectivity index (χ1) is 13.1. The van der Waals surface area contributed by atoms with Gasteiger partial charge in [0, 0.05) is 47.8 Å². The van der Waals surface area contributed by atoms with Crippen LogP contribution in [0.15, 0.2) is 0 Å². The molecule has 6 nitrogen and oxygen atoms in total. The lowest BCUT2D eigenvalue weighted by atomic mass is 9.77. The van der Waals surface area contributed by atoms with E-state index in [1.54, 1.807) is 5.06 Å². The molecule has 30 heavy (non-hydrogen) atoms. The normalized spacial score (nSPS) is 28.6. The van der Waals surface area contributed by atoms with Crippen molar-refractivity contribution in [3.8, 4) is 0 Å². The lowest BCUT2D eigenvalue weighted by Crippen LogP contribution is -2.68. The van der Waals surface area contributed by atoms with Gasteiger partial charge in [-0.2, -0.15) is 5.06 Å². The van der Waals surface area contributed by atoms with E-state index in [4.69, 9.17) is 0 Å². The second-order valence-electron chi connectivity index (χ2n) is 14.0. The Kier molecular flexibility index (Phi) is 6.65. The fourth-order valence-electron chi connectivity index (χ4n) is 6.30. The van der Waals surface area contributed by atoms with Gasteiger partial charge in [-0.05, 0) is 55.4 Å². The van der Waals surface area contributed by atoms with Crippen LogP contribution < -0.4 is 0 Å². The summed E-state index contributed by atoms with van der Waals surface area (Å²) in [5, 5.41) is 26.4. The van der Waals surface area contributed by atoms with Gasteiger partial charge in [-0.1, -0.05) is 0 Å². The molecule has 0 aromatic carbocycles. The van der Waals surface area contributed by atoms with Gasteiger partial charge in [0.15, 0.2) is 0 Å². The van der Waals surface area contributed by atoms with Gasteiger partial charge < -0.3 is 14.2 Å². The molecule has 2 aliphatic rings. The van der Waals surface area contributed by atoms with Crippen LogP contribution in [-0.2, 0) is 5.21 Å². The quantitative estimate of drug-likeness (QED) is 0.677. The molecule has 0 amide bonds. The molecule has 0 bridgehead atoms. The van der Waals surface area contributed by atoms with Crippen molar-refractivity contribution in [1.82, 2.24) is 10.1 Å². The highest BCUT2D eigenvalue weighted by atomic mass is 16.5. The number of nitrogens with zero attached hydrogens (tertiary/aromatic N) is 4. The van der Waals surface area contributed by atoms with Crippen molar-refractivity contribution in [2.45, 2.75) is 115 Å². The molecule has 0 aromatic heterocycles. The van der Waals surface area contributed by atoms with E-state index < -0.39 is 0 Å². The molecule has 0 unspecified atom stereocenters. The Morgan fingerprint density at radius 1 is 0.667 bits per heavy atom. The van der Waals surface area contributed by atoms with E-state index in [-0.39, 0.29) is 22.2 Å². The standard InChI is InChI=1S/C24H51N4O2/c1-21(2)15-19(16-22(3,4)25(21)29)27(9,10)13-14-28(11,12)20-17-23(5,6)26(30)24(7,8)18-20/h19-20,29H,13-18H2,1-12H3/q+2. The Morgan fingerprint density at radius 3 is 1.23 bits per heavy atom. The van der Waals surface area contributed by atoms with Crippen LogP contribution in [0, 0.1) is 0 Å². The largest absolute Gasteiger partial charge is 0.321 e. The molecule has 2 aliphatic heterocycles. The maximum atomic E-state index is 12.8. The number of piperidine rings is 2. The highest BCUT2D eigenvalue weighted by Gasteiger charge is 2.53. The highest BCUT2D eigenvalue weighted by Crippen LogP contribution is 2.42. The van der Waals surface area contributed by atoms with Gasteiger partial charge in [0.25, 0.3) is 0 Å². The average molecular weight is 428 g/mol. The van der Waals surface area contributed by atoms with E-state index in [0.717, 1.165) is 47.7 Å².